The zero-order valence-electron chi connectivity index (χ0n) is 16.8. The number of fused-ring (bicyclic) bond motifs is 1. The Bertz CT molecular complexity index is 1050. The first-order valence-corrected chi connectivity index (χ1v) is 10.6. The van der Waals surface area contributed by atoms with Crippen molar-refractivity contribution < 1.29 is 14.3 Å². The van der Waals surface area contributed by atoms with Gasteiger partial charge in [0, 0.05) is 18.0 Å². The van der Waals surface area contributed by atoms with Crippen molar-refractivity contribution in [2.75, 3.05) is 24.6 Å². The van der Waals surface area contributed by atoms with E-state index in [0.717, 1.165) is 21.8 Å². The predicted molar refractivity (Wildman–Crippen MR) is 116 cm³/mol. The number of nitriles is 1. The summed E-state index contributed by atoms with van der Waals surface area (Å²) in [6.07, 6.45) is 0.283. The van der Waals surface area contributed by atoms with Crippen molar-refractivity contribution in [2.24, 2.45) is 0 Å². The van der Waals surface area contributed by atoms with Gasteiger partial charge in [0.2, 0.25) is 5.91 Å². The molecule has 0 radical (unpaired) electrons. The molecule has 0 spiro atoms. The minimum Gasteiger partial charge on any atom is -0.465 e. The van der Waals surface area contributed by atoms with Crippen LogP contribution in [0, 0.1) is 18.3 Å². The number of allylic oxidation sites excluding steroid dienone is 1. The Labute approximate surface area is 179 Å². The number of ether oxygens (including phenoxy) is 1. The van der Waals surface area contributed by atoms with Crippen LogP contribution in [0.3, 0.4) is 0 Å². The maximum atomic E-state index is 13.0. The second kappa shape index (κ2) is 8.25. The first-order valence-electron chi connectivity index (χ1n) is 9.59. The van der Waals surface area contributed by atoms with Gasteiger partial charge in [-0.15, -0.1) is 0 Å². The standard InChI is InChI=1S/C23H21N3O3S/c1-15-3-5-16(6-4-15)19-11-21(27)26-13-25(14-30-22(26)20(19)12-24)18-9-7-17(8-10-18)23(28)29-2/h3-10,19H,11,13-14H2,1-2H3/t19-/m0/s1. The summed E-state index contributed by atoms with van der Waals surface area (Å²) in [6.45, 7) is 2.40. The van der Waals surface area contributed by atoms with E-state index >= 15 is 0 Å². The Balaban J connectivity index is 1.59. The van der Waals surface area contributed by atoms with E-state index in [4.69, 9.17) is 4.74 Å². The van der Waals surface area contributed by atoms with Crippen molar-refractivity contribution in [1.82, 2.24) is 4.90 Å². The van der Waals surface area contributed by atoms with Crippen molar-refractivity contribution >= 4 is 29.3 Å². The lowest BCUT2D eigenvalue weighted by Gasteiger charge is -2.42. The molecule has 2 aromatic carbocycles. The second-order valence-electron chi connectivity index (χ2n) is 7.31. The molecule has 0 N–H and O–H groups in total. The van der Waals surface area contributed by atoms with Crippen molar-refractivity contribution in [1.29, 1.82) is 5.26 Å². The van der Waals surface area contributed by atoms with Crippen LogP contribution < -0.4 is 4.90 Å². The largest absolute Gasteiger partial charge is 0.465 e. The molecule has 6 nitrogen and oxygen atoms in total. The maximum absolute atomic E-state index is 13.0. The summed E-state index contributed by atoms with van der Waals surface area (Å²) in [5, 5.41) is 10.6. The summed E-state index contributed by atoms with van der Waals surface area (Å²) in [5.41, 5.74) is 4.19. The lowest BCUT2D eigenvalue weighted by molar-refractivity contribution is -0.129. The summed E-state index contributed by atoms with van der Waals surface area (Å²) in [4.78, 5) is 28.4. The number of methoxy groups -OCH3 is 1. The van der Waals surface area contributed by atoms with Crippen LogP contribution in [-0.2, 0) is 9.53 Å². The predicted octanol–water partition coefficient (Wildman–Crippen LogP) is 4.00. The van der Waals surface area contributed by atoms with Crippen LogP contribution in [0.25, 0.3) is 0 Å². The van der Waals surface area contributed by atoms with Gasteiger partial charge in [-0.3, -0.25) is 9.69 Å². The van der Waals surface area contributed by atoms with Crippen LogP contribution in [0.4, 0.5) is 5.69 Å². The molecule has 0 unspecified atom stereocenters. The highest BCUT2D eigenvalue weighted by Gasteiger charge is 2.38. The number of carbonyl (C=O) groups is 2. The quantitative estimate of drug-likeness (QED) is 0.700. The lowest BCUT2D eigenvalue weighted by atomic mass is 9.86. The molecule has 152 valence electrons. The van der Waals surface area contributed by atoms with Crippen LogP contribution in [0.1, 0.15) is 33.8 Å². The number of thioether (sulfide) groups is 1. The minimum atomic E-state index is -0.383. The number of benzene rings is 2. The molecule has 2 aliphatic rings. The van der Waals surface area contributed by atoms with E-state index in [9.17, 15) is 14.9 Å². The van der Waals surface area contributed by atoms with Crippen molar-refractivity contribution in [3.8, 4) is 6.07 Å². The second-order valence-corrected chi connectivity index (χ2v) is 8.25. The first-order chi connectivity index (χ1) is 14.5. The van der Waals surface area contributed by atoms with Crippen LogP contribution >= 0.6 is 11.8 Å². The molecular formula is C23H21N3O3S. The number of aryl methyl sites for hydroxylation is 1. The molecule has 1 fully saturated rings. The highest BCUT2D eigenvalue weighted by molar-refractivity contribution is 8.03. The van der Waals surface area contributed by atoms with E-state index < -0.39 is 0 Å². The van der Waals surface area contributed by atoms with Gasteiger partial charge in [-0.2, -0.15) is 5.26 Å². The van der Waals surface area contributed by atoms with E-state index in [1.54, 1.807) is 17.0 Å². The summed E-state index contributed by atoms with van der Waals surface area (Å²) < 4.78 is 4.74. The molecule has 0 saturated carbocycles. The third-order valence-electron chi connectivity index (χ3n) is 5.43. The van der Waals surface area contributed by atoms with E-state index in [1.165, 1.54) is 18.9 Å². The molecule has 0 bridgehead atoms. The lowest BCUT2D eigenvalue weighted by Crippen LogP contribution is -2.47. The van der Waals surface area contributed by atoms with Gasteiger partial charge in [0.25, 0.3) is 0 Å². The van der Waals surface area contributed by atoms with Crippen molar-refractivity contribution in [2.45, 2.75) is 19.3 Å². The number of hydrogen-bond donors (Lipinski definition) is 0. The number of nitrogens with zero attached hydrogens (tertiary/aromatic N) is 3. The number of anilines is 1. The minimum absolute atomic E-state index is 0.0120. The monoisotopic (exact) mass is 419 g/mol. The third-order valence-corrected chi connectivity index (χ3v) is 6.58. The average molecular weight is 420 g/mol. The van der Waals surface area contributed by atoms with Crippen LogP contribution in [-0.4, -0.2) is 36.4 Å². The molecule has 4 rings (SSSR count). The molecule has 2 aromatic rings. The first kappa shape index (κ1) is 20.0. The highest BCUT2D eigenvalue weighted by Crippen LogP contribution is 2.43. The van der Waals surface area contributed by atoms with Gasteiger partial charge >= 0.3 is 5.97 Å². The van der Waals surface area contributed by atoms with Gasteiger partial charge < -0.3 is 9.64 Å². The zero-order chi connectivity index (χ0) is 21.3. The van der Waals surface area contributed by atoms with Gasteiger partial charge in [0.15, 0.2) is 0 Å². The fourth-order valence-electron chi connectivity index (χ4n) is 3.74. The Morgan fingerprint density at radius 1 is 1.17 bits per heavy atom. The van der Waals surface area contributed by atoms with E-state index in [1.807, 2.05) is 48.2 Å². The van der Waals surface area contributed by atoms with E-state index in [-0.39, 0.29) is 24.2 Å². The number of hydrogen-bond acceptors (Lipinski definition) is 6. The van der Waals surface area contributed by atoms with Crippen molar-refractivity contribution in [3.63, 3.8) is 0 Å². The summed E-state index contributed by atoms with van der Waals surface area (Å²) in [5.74, 6) is 0.0418. The molecule has 7 heteroatoms. The van der Waals surface area contributed by atoms with Gasteiger partial charge in [-0.1, -0.05) is 41.6 Å². The van der Waals surface area contributed by atoms with Gasteiger partial charge in [-0.05, 0) is 36.8 Å². The molecule has 0 aromatic heterocycles. The summed E-state index contributed by atoms with van der Waals surface area (Å²) >= 11 is 1.50. The summed E-state index contributed by atoms with van der Waals surface area (Å²) in [6, 6.07) is 17.5. The summed E-state index contributed by atoms with van der Waals surface area (Å²) in [7, 11) is 1.35. The van der Waals surface area contributed by atoms with E-state index in [2.05, 4.69) is 6.07 Å². The van der Waals surface area contributed by atoms with Crippen LogP contribution in [0.5, 0.6) is 0 Å². The van der Waals surface area contributed by atoms with Gasteiger partial charge in [0.1, 0.15) is 0 Å². The average Bonchev–Trinajstić information content (AvgIpc) is 2.79. The molecular weight excluding hydrogens is 398 g/mol. The van der Waals surface area contributed by atoms with Gasteiger partial charge in [-0.25, -0.2) is 4.79 Å². The molecule has 1 atom stereocenters. The Hall–Kier alpha value is -3.24. The topological polar surface area (TPSA) is 73.6 Å². The SMILES string of the molecule is COC(=O)c1ccc(N2CSC3=C(C#N)[C@H](c4ccc(C)cc4)CC(=O)N3C2)cc1. The smallest absolute Gasteiger partial charge is 0.337 e. The molecule has 30 heavy (non-hydrogen) atoms. The number of esters is 1. The van der Waals surface area contributed by atoms with Crippen LogP contribution in [0.2, 0.25) is 0 Å². The number of carbonyl (C=O) groups excluding carboxylic acids is 2. The molecule has 2 aliphatic heterocycles. The number of amides is 1. The van der Waals surface area contributed by atoms with Crippen molar-refractivity contribution in [3.05, 3.63) is 75.8 Å². The third kappa shape index (κ3) is 3.66. The maximum Gasteiger partial charge on any atom is 0.337 e. The number of rotatable bonds is 3. The van der Waals surface area contributed by atoms with E-state index in [0.29, 0.717) is 23.7 Å². The Morgan fingerprint density at radius 3 is 2.50 bits per heavy atom. The normalized spacial score (nSPS) is 18.7. The molecule has 0 aliphatic carbocycles. The molecule has 1 amide bonds. The highest BCUT2D eigenvalue weighted by atomic mass is 32.2. The zero-order valence-corrected chi connectivity index (χ0v) is 17.6. The Morgan fingerprint density at radius 2 is 1.87 bits per heavy atom. The van der Waals surface area contributed by atoms with Crippen LogP contribution in [0.15, 0.2) is 59.1 Å². The molecule has 2 heterocycles. The Kier molecular flexibility index (Phi) is 5.51. The van der Waals surface area contributed by atoms with Gasteiger partial charge in [0.05, 0.1) is 41.9 Å². The molecule has 1 saturated heterocycles. The fourth-order valence-corrected chi connectivity index (χ4v) is 4.90. The fraction of sp³-hybridized carbons (Fsp3) is 0.261.